The molecule has 2 atom stereocenters. The fraction of sp³-hybridized carbons (Fsp3) is 0.667. The van der Waals surface area contributed by atoms with E-state index in [2.05, 4.69) is 9.97 Å². The number of Topliss-reactive ketones (excluding diaryl/α,β-unsaturated/α-hetero) is 1. The van der Waals surface area contributed by atoms with E-state index in [1.807, 2.05) is 0 Å². The van der Waals surface area contributed by atoms with Crippen LogP contribution < -0.4 is 5.56 Å². The average Bonchev–Trinajstić information content (AvgIpc) is 3.43. The second-order valence-corrected chi connectivity index (χ2v) is 9.53. The molecular formula is C21H25F3N4O4. The minimum absolute atomic E-state index is 0.00603. The monoisotopic (exact) mass is 454 g/mol. The lowest BCUT2D eigenvalue weighted by Gasteiger charge is -2.52. The van der Waals surface area contributed by atoms with Gasteiger partial charge in [0.15, 0.2) is 0 Å². The summed E-state index contributed by atoms with van der Waals surface area (Å²) in [7, 11) is 0. The Morgan fingerprint density at radius 2 is 1.84 bits per heavy atom. The van der Waals surface area contributed by atoms with Crippen LogP contribution in [0.4, 0.5) is 13.2 Å². The molecule has 1 N–H and O–H groups in total. The standard InChI is InChI=1S/C21H25F3N4O4/c1-12(13(2)29)5-14-8-27(17(31)15-6-26-16(30)7-25-15)9-19(14)10-28(11-19)18(32)20(3-4-20)21(22,23)24/h6-7,12,14H,3-5,8-11H2,1-2H3,(H,26,30). The van der Waals surface area contributed by atoms with Crippen LogP contribution in [0.2, 0.25) is 0 Å². The molecule has 0 bridgehead atoms. The van der Waals surface area contributed by atoms with Crippen molar-refractivity contribution in [2.24, 2.45) is 22.7 Å². The summed E-state index contributed by atoms with van der Waals surface area (Å²) in [6, 6.07) is 0. The largest absolute Gasteiger partial charge is 0.403 e. The minimum Gasteiger partial charge on any atom is -0.341 e. The van der Waals surface area contributed by atoms with E-state index in [0.29, 0.717) is 13.0 Å². The van der Waals surface area contributed by atoms with Crippen LogP contribution in [0.25, 0.3) is 0 Å². The van der Waals surface area contributed by atoms with Crippen molar-refractivity contribution in [3.05, 3.63) is 28.4 Å². The molecule has 2 unspecified atom stereocenters. The molecule has 3 aliphatic rings. The van der Waals surface area contributed by atoms with E-state index in [9.17, 15) is 32.3 Å². The highest BCUT2D eigenvalue weighted by atomic mass is 19.4. The van der Waals surface area contributed by atoms with Gasteiger partial charge in [-0.25, -0.2) is 4.98 Å². The summed E-state index contributed by atoms with van der Waals surface area (Å²) in [5, 5.41) is 0. The molecule has 0 radical (unpaired) electrons. The lowest BCUT2D eigenvalue weighted by atomic mass is 9.68. The van der Waals surface area contributed by atoms with Crippen molar-refractivity contribution < 1.29 is 27.6 Å². The van der Waals surface area contributed by atoms with E-state index in [-0.39, 0.29) is 55.8 Å². The Labute approximate surface area is 182 Å². The number of rotatable bonds is 5. The first kappa shape index (κ1) is 22.5. The number of aromatic amines is 1. The molecule has 3 heterocycles. The van der Waals surface area contributed by atoms with Crippen LogP contribution in [0.5, 0.6) is 0 Å². The Hall–Kier alpha value is -2.72. The summed E-state index contributed by atoms with van der Waals surface area (Å²) < 4.78 is 40.2. The van der Waals surface area contributed by atoms with Gasteiger partial charge in [0, 0.05) is 43.7 Å². The molecule has 2 amide bonds. The van der Waals surface area contributed by atoms with Gasteiger partial charge in [-0.1, -0.05) is 6.92 Å². The van der Waals surface area contributed by atoms with Crippen molar-refractivity contribution in [1.29, 1.82) is 0 Å². The highest BCUT2D eigenvalue weighted by Gasteiger charge is 2.71. The molecule has 174 valence electrons. The van der Waals surface area contributed by atoms with E-state index in [1.165, 1.54) is 18.0 Å². The summed E-state index contributed by atoms with van der Waals surface area (Å²) in [6.07, 6.45) is -2.24. The number of H-pyrrole nitrogens is 1. The number of amides is 2. The Bertz CT molecular complexity index is 991. The van der Waals surface area contributed by atoms with Gasteiger partial charge < -0.3 is 14.8 Å². The van der Waals surface area contributed by atoms with Crippen molar-refractivity contribution in [2.45, 2.75) is 39.3 Å². The molecule has 11 heteroatoms. The molecule has 2 aliphatic heterocycles. The number of hydrogen-bond acceptors (Lipinski definition) is 5. The third-order valence-corrected chi connectivity index (χ3v) is 7.32. The zero-order chi connectivity index (χ0) is 23.5. The zero-order valence-corrected chi connectivity index (χ0v) is 17.9. The van der Waals surface area contributed by atoms with Crippen LogP contribution in [0, 0.1) is 22.7 Å². The van der Waals surface area contributed by atoms with Crippen molar-refractivity contribution in [3.8, 4) is 0 Å². The van der Waals surface area contributed by atoms with Crippen LogP contribution in [0.15, 0.2) is 17.2 Å². The van der Waals surface area contributed by atoms with Gasteiger partial charge in [-0.2, -0.15) is 13.2 Å². The van der Waals surface area contributed by atoms with Crippen molar-refractivity contribution in [2.75, 3.05) is 26.2 Å². The van der Waals surface area contributed by atoms with Crippen molar-refractivity contribution in [3.63, 3.8) is 0 Å². The number of halogens is 3. The topological polar surface area (TPSA) is 103 Å². The first-order valence-electron chi connectivity index (χ1n) is 10.6. The Kier molecular flexibility index (Phi) is 5.21. The summed E-state index contributed by atoms with van der Waals surface area (Å²) >= 11 is 0. The van der Waals surface area contributed by atoms with Crippen LogP contribution in [-0.4, -0.2) is 69.7 Å². The predicted molar refractivity (Wildman–Crippen MR) is 105 cm³/mol. The van der Waals surface area contributed by atoms with Gasteiger partial charge in [0.2, 0.25) is 5.91 Å². The van der Waals surface area contributed by atoms with E-state index in [1.54, 1.807) is 11.8 Å². The molecule has 1 aliphatic carbocycles. The molecule has 32 heavy (non-hydrogen) atoms. The molecule has 2 saturated heterocycles. The van der Waals surface area contributed by atoms with E-state index in [4.69, 9.17) is 0 Å². The number of hydrogen-bond donors (Lipinski definition) is 1. The molecular weight excluding hydrogens is 429 g/mol. The summed E-state index contributed by atoms with van der Waals surface area (Å²) in [6.45, 7) is 4.09. The number of alkyl halides is 3. The van der Waals surface area contributed by atoms with Gasteiger partial charge >= 0.3 is 6.18 Å². The van der Waals surface area contributed by atoms with Gasteiger partial charge in [0.05, 0.1) is 6.20 Å². The predicted octanol–water partition coefficient (Wildman–Crippen LogP) is 1.63. The van der Waals surface area contributed by atoms with Gasteiger partial charge in [0.1, 0.15) is 16.9 Å². The quantitative estimate of drug-likeness (QED) is 0.729. The molecule has 1 aromatic heterocycles. The van der Waals surface area contributed by atoms with Crippen molar-refractivity contribution >= 4 is 17.6 Å². The number of carbonyl (C=O) groups excluding carboxylic acids is 3. The third-order valence-electron chi connectivity index (χ3n) is 7.32. The second-order valence-electron chi connectivity index (χ2n) is 9.53. The normalized spacial score (nSPS) is 24.2. The Morgan fingerprint density at radius 3 is 2.34 bits per heavy atom. The van der Waals surface area contributed by atoms with Crippen LogP contribution in [-0.2, 0) is 9.59 Å². The Morgan fingerprint density at radius 1 is 1.22 bits per heavy atom. The number of aromatic nitrogens is 2. The number of nitrogens with zero attached hydrogens (tertiary/aromatic N) is 3. The molecule has 1 saturated carbocycles. The third kappa shape index (κ3) is 3.61. The summed E-state index contributed by atoms with van der Waals surface area (Å²) in [5.41, 5.74) is -3.20. The van der Waals surface area contributed by atoms with Crippen molar-refractivity contribution in [1.82, 2.24) is 19.8 Å². The van der Waals surface area contributed by atoms with Crippen LogP contribution >= 0.6 is 0 Å². The number of likely N-dealkylation sites (tertiary alicyclic amines) is 2. The average molecular weight is 454 g/mol. The lowest BCUT2D eigenvalue weighted by Crippen LogP contribution is -2.64. The summed E-state index contributed by atoms with van der Waals surface area (Å²) in [5.74, 6) is -1.71. The minimum atomic E-state index is -4.57. The molecule has 0 aromatic carbocycles. The maximum absolute atomic E-state index is 13.4. The van der Waals surface area contributed by atoms with E-state index >= 15 is 0 Å². The first-order chi connectivity index (χ1) is 14.9. The SMILES string of the molecule is CC(=O)C(C)CC1CN(C(=O)c2c[nH]c(=O)cn2)CC12CN(C(=O)C1(C(F)(F)F)CC1)C2. The molecule has 3 fully saturated rings. The lowest BCUT2D eigenvalue weighted by molar-refractivity contribution is -0.205. The van der Waals surface area contributed by atoms with E-state index in [0.717, 1.165) is 6.20 Å². The molecule has 1 spiro atoms. The second kappa shape index (κ2) is 7.41. The Balaban J connectivity index is 1.52. The maximum atomic E-state index is 13.4. The summed E-state index contributed by atoms with van der Waals surface area (Å²) in [4.78, 5) is 57.7. The van der Waals surface area contributed by atoms with Crippen LogP contribution in [0.1, 0.15) is 43.6 Å². The van der Waals surface area contributed by atoms with Gasteiger partial charge in [0.25, 0.3) is 11.5 Å². The first-order valence-corrected chi connectivity index (χ1v) is 10.6. The number of ketones is 1. The molecule has 4 rings (SSSR count). The zero-order valence-electron chi connectivity index (χ0n) is 17.9. The number of nitrogens with one attached hydrogen (secondary N) is 1. The van der Waals surface area contributed by atoms with Gasteiger partial charge in [-0.05, 0) is 32.1 Å². The van der Waals surface area contributed by atoms with Gasteiger partial charge in [-0.3, -0.25) is 19.2 Å². The van der Waals surface area contributed by atoms with E-state index < -0.39 is 34.4 Å². The van der Waals surface area contributed by atoms with Gasteiger partial charge in [-0.15, -0.1) is 0 Å². The smallest absolute Gasteiger partial charge is 0.341 e. The number of carbonyl (C=O) groups is 3. The fourth-order valence-electron chi connectivity index (χ4n) is 4.99. The van der Waals surface area contributed by atoms with Crippen LogP contribution in [0.3, 0.4) is 0 Å². The fourth-order valence-corrected chi connectivity index (χ4v) is 4.99. The highest BCUT2D eigenvalue weighted by Crippen LogP contribution is 2.60. The maximum Gasteiger partial charge on any atom is 0.403 e. The molecule has 1 aromatic rings. The highest BCUT2D eigenvalue weighted by molar-refractivity contribution is 5.92. The molecule has 8 nitrogen and oxygen atoms in total.